The Balaban J connectivity index is 0.00000306. The van der Waals surface area contributed by atoms with Crippen LogP contribution in [-0.2, 0) is 22.6 Å². The Bertz CT molecular complexity index is 814. The van der Waals surface area contributed by atoms with Crippen LogP contribution in [0, 0.1) is 5.92 Å². The summed E-state index contributed by atoms with van der Waals surface area (Å²) in [5, 5.41) is 3.28. The summed E-state index contributed by atoms with van der Waals surface area (Å²) < 4.78 is 0.320. The lowest BCUT2D eigenvalue weighted by Crippen LogP contribution is -2.81. The van der Waals surface area contributed by atoms with E-state index in [2.05, 4.69) is 43.2 Å². The van der Waals surface area contributed by atoms with Crippen LogP contribution in [0.4, 0.5) is 0 Å². The lowest BCUT2D eigenvalue weighted by atomic mass is 9.75. The van der Waals surface area contributed by atoms with Gasteiger partial charge in [0, 0.05) is 42.2 Å². The summed E-state index contributed by atoms with van der Waals surface area (Å²) in [6.45, 7) is 7.90. The second kappa shape index (κ2) is 11.2. The first-order valence-corrected chi connectivity index (χ1v) is 13.8. The summed E-state index contributed by atoms with van der Waals surface area (Å²) in [4.78, 5) is 33.1. The number of quaternary nitrogens is 1. The maximum Gasteiger partial charge on any atom is 0.337 e. The summed E-state index contributed by atoms with van der Waals surface area (Å²) in [7, 11) is 2.09. The fraction of sp³-hybridized carbons (Fsp3) is 0.769. The van der Waals surface area contributed by atoms with Gasteiger partial charge >= 0.3 is 5.91 Å². The molecule has 0 radical (unpaired) electrons. The largest absolute Gasteiger partial charge is 0.337 e. The molecular weight excluding hydrogens is 454 g/mol. The van der Waals surface area contributed by atoms with Crippen molar-refractivity contribution in [3.05, 3.63) is 21.9 Å². The van der Waals surface area contributed by atoms with Crippen LogP contribution in [0.15, 0.2) is 12.1 Å². The van der Waals surface area contributed by atoms with Gasteiger partial charge in [0.25, 0.3) is 5.91 Å². The van der Waals surface area contributed by atoms with Gasteiger partial charge in [-0.1, -0.05) is 39.5 Å². The molecule has 1 aromatic heterocycles. The zero-order valence-corrected chi connectivity index (χ0v) is 22.4. The molecule has 2 aliphatic heterocycles. The standard InChI is InChI=1S/C26H41N3O2S.ClH/c1-4-6-18-29(3)24(30)23(20-10-8-7-9-11-20)27-25(31)26(29)14-16-28(17-15-26)19-22-13-12-21(5-2)32-22;/h12-13,20,23H,4-11,14-19H2,1-3H3;1H/p+1. The van der Waals surface area contributed by atoms with E-state index in [1.807, 2.05) is 11.3 Å². The Labute approximate surface area is 210 Å². The monoisotopic (exact) mass is 496 g/mol. The molecule has 3 heterocycles. The van der Waals surface area contributed by atoms with Gasteiger partial charge in [0.2, 0.25) is 0 Å². The molecule has 0 bridgehead atoms. The van der Waals surface area contributed by atoms with Crippen LogP contribution in [-0.4, -0.2) is 59.5 Å². The molecule has 1 spiro atoms. The number of carbonyl (C=O) groups excluding carboxylic acids is 2. The molecule has 1 aliphatic carbocycles. The zero-order chi connectivity index (χ0) is 22.8. The van der Waals surface area contributed by atoms with Crippen molar-refractivity contribution in [2.45, 2.75) is 96.2 Å². The maximum absolute atomic E-state index is 14.0. The highest BCUT2D eigenvalue weighted by atomic mass is 35.5. The Morgan fingerprint density at radius 2 is 1.76 bits per heavy atom. The first-order valence-electron chi connectivity index (χ1n) is 12.9. The summed E-state index contributed by atoms with van der Waals surface area (Å²) in [6, 6.07) is 4.20. The number of likely N-dealkylation sites (N-methyl/N-ethyl adjacent to an activating group) is 1. The Kier molecular flexibility index (Phi) is 9.04. The molecule has 33 heavy (non-hydrogen) atoms. The molecular formula is C26H43ClN3O2S+. The molecule has 0 aromatic carbocycles. The predicted octanol–water partition coefficient (Wildman–Crippen LogP) is 4.92. The molecule has 186 valence electrons. The number of piperidine rings is 1. The van der Waals surface area contributed by atoms with Crippen LogP contribution in [0.3, 0.4) is 0 Å². The number of carbonyl (C=O) groups is 2. The van der Waals surface area contributed by atoms with Crippen molar-refractivity contribution in [1.82, 2.24) is 10.2 Å². The maximum atomic E-state index is 14.0. The minimum absolute atomic E-state index is 0. The van der Waals surface area contributed by atoms with E-state index in [1.165, 1.54) is 29.0 Å². The van der Waals surface area contributed by atoms with Crippen molar-refractivity contribution in [2.75, 3.05) is 26.7 Å². The number of likely N-dealkylation sites (tertiary alicyclic amines) is 1. The number of nitrogens with one attached hydrogen (secondary N) is 1. The summed E-state index contributed by atoms with van der Waals surface area (Å²) in [6.07, 6.45) is 10.5. The SMILES string of the molecule is CCCC[N+]1(C)C(=O)C(C2CCCCC2)NC(=O)C12CCN(Cc1ccc(CC)s1)CC2.Cl. The first kappa shape index (κ1) is 26.7. The number of thiophene rings is 1. The van der Waals surface area contributed by atoms with E-state index in [0.717, 1.165) is 71.1 Å². The Hall–Kier alpha value is -0.950. The van der Waals surface area contributed by atoms with Crippen molar-refractivity contribution in [3.8, 4) is 0 Å². The summed E-state index contributed by atoms with van der Waals surface area (Å²) in [5.74, 6) is 0.753. The van der Waals surface area contributed by atoms with Gasteiger partial charge in [-0.3, -0.25) is 9.69 Å². The summed E-state index contributed by atoms with van der Waals surface area (Å²) >= 11 is 1.90. The average molecular weight is 497 g/mol. The third-order valence-electron chi connectivity index (χ3n) is 8.61. The van der Waals surface area contributed by atoms with Crippen molar-refractivity contribution < 1.29 is 14.1 Å². The number of unbranched alkanes of at least 4 members (excludes halogenated alkanes) is 1. The van der Waals surface area contributed by atoms with Gasteiger partial charge in [0.05, 0.1) is 13.6 Å². The number of halogens is 1. The lowest BCUT2D eigenvalue weighted by Gasteiger charge is -2.55. The molecule has 3 fully saturated rings. The highest BCUT2D eigenvalue weighted by molar-refractivity contribution is 7.11. The van der Waals surface area contributed by atoms with Crippen molar-refractivity contribution in [2.24, 2.45) is 5.92 Å². The normalized spacial score (nSPS) is 28.5. The molecule has 2 unspecified atom stereocenters. The second-order valence-corrected chi connectivity index (χ2v) is 11.7. The minimum Gasteiger partial charge on any atom is -0.335 e. The van der Waals surface area contributed by atoms with E-state index >= 15 is 0 Å². The third kappa shape index (κ3) is 5.05. The van der Waals surface area contributed by atoms with Crippen LogP contribution < -0.4 is 5.32 Å². The quantitative estimate of drug-likeness (QED) is 0.545. The van der Waals surface area contributed by atoms with Crippen LogP contribution in [0.1, 0.15) is 81.4 Å². The Morgan fingerprint density at radius 3 is 2.36 bits per heavy atom. The number of hydrogen-bond acceptors (Lipinski definition) is 4. The van der Waals surface area contributed by atoms with Gasteiger partial charge in [0.15, 0.2) is 5.54 Å². The number of piperazine rings is 1. The number of rotatable bonds is 7. The molecule has 4 rings (SSSR count). The van der Waals surface area contributed by atoms with Gasteiger partial charge < -0.3 is 5.32 Å². The molecule has 3 aliphatic rings. The summed E-state index contributed by atoms with van der Waals surface area (Å²) in [5.41, 5.74) is -0.599. The smallest absolute Gasteiger partial charge is 0.335 e. The van der Waals surface area contributed by atoms with Crippen molar-refractivity contribution in [1.29, 1.82) is 0 Å². The van der Waals surface area contributed by atoms with E-state index in [4.69, 9.17) is 0 Å². The van der Waals surface area contributed by atoms with Crippen molar-refractivity contribution >= 4 is 35.6 Å². The number of hydrogen-bond donors (Lipinski definition) is 1. The molecule has 2 saturated heterocycles. The molecule has 5 nitrogen and oxygen atoms in total. The van der Waals surface area contributed by atoms with Crippen LogP contribution in [0.2, 0.25) is 0 Å². The van der Waals surface area contributed by atoms with E-state index < -0.39 is 5.54 Å². The topological polar surface area (TPSA) is 49.4 Å². The predicted molar refractivity (Wildman–Crippen MR) is 138 cm³/mol. The first-order chi connectivity index (χ1) is 15.4. The van der Waals surface area contributed by atoms with E-state index in [1.54, 1.807) is 0 Å². The zero-order valence-electron chi connectivity index (χ0n) is 20.7. The van der Waals surface area contributed by atoms with Gasteiger partial charge in [-0.05, 0) is 43.7 Å². The van der Waals surface area contributed by atoms with Crippen LogP contribution >= 0.6 is 23.7 Å². The molecule has 1 N–H and O–H groups in total. The van der Waals surface area contributed by atoms with Crippen molar-refractivity contribution in [3.63, 3.8) is 0 Å². The van der Waals surface area contributed by atoms with Gasteiger partial charge in [0.1, 0.15) is 6.04 Å². The number of aryl methyl sites for hydroxylation is 1. The average Bonchev–Trinajstić information content (AvgIpc) is 3.28. The fourth-order valence-corrected chi connectivity index (χ4v) is 7.38. The van der Waals surface area contributed by atoms with Crippen LogP contribution in [0.5, 0.6) is 0 Å². The van der Waals surface area contributed by atoms with Gasteiger partial charge in [-0.25, -0.2) is 9.28 Å². The van der Waals surface area contributed by atoms with Crippen LogP contribution in [0.25, 0.3) is 0 Å². The number of nitrogens with zero attached hydrogens (tertiary/aromatic N) is 2. The minimum atomic E-state index is -0.599. The van der Waals surface area contributed by atoms with Gasteiger partial charge in [-0.15, -0.1) is 23.7 Å². The van der Waals surface area contributed by atoms with Gasteiger partial charge in [-0.2, -0.15) is 0 Å². The molecule has 1 aromatic rings. The molecule has 1 saturated carbocycles. The second-order valence-electron chi connectivity index (χ2n) is 10.5. The highest BCUT2D eigenvalue weighted by Gasteiger charge is 2.64. The fourth-order valence-electron chi connectivity index (χ4n) is 6.38. The Morgan fingerprint density at radius 1 is 1.09 bits per heavy atom. The van der Waals surface area contributed by atoms with E-state index in [0.29, 0.717) is 10.4 Å². The van der Waals surface area contributed by atoms with E-state index in [9.17, 15) is 9.59 Å². The molecule has 2 amide bonds. The molecule has 2 atom stereocenters. The molecule has 7 heteroatoms. The lowest BCUT2D eigenvalue weighted by molar-refractivity contribution is -0.883. The third-order valence-corrected chi connectivity index (χ3v) is 9.83. The number of amides is 2. The van der Waals surface area contributed by atoms with E-state index in [-0.39, 0.29) is 30.3 Å². The highest BCUT2D eigenvalue weighted by Crippen LogP contribution is 2.41.